The summed E-state index contributed by atoms with van der Waals surface area (Å²) >= 11 is 0. The molecular weight excluding hydrogens is 182 g/mol. The van der Waals surface area contributed by atoms with Crippen molar-refractivity contribution in [3.8, 4) is 0 Å². The van der Waals surface area contributed by atoms with Crippen molar-refractivity contribution in [2.24, 2.45) is 5.92 Å². The zero-order valence-electron chi connectivity index (χ0n) is 10.2. The molecule has 0 fully saturated rings. The van der Waals surface area contributed by atoms with Gasteiger partial charge in [0.25, 0.3) is 0 Å². The van der Waals surface area contributed by atoms with E-state index in [0.717, 1.165) is 18.9 Å². The van der Waals surface area contributed by atoms with Crippen molar-refractivity contribution in [1.82, 2.24) is 0 Å². The lowest BCUT2D eigenvalue weighted by Gasteiger charge is -2.14. The van der Waals surface area contributed by atoms with Crippen molar-refractivity contribution < 1.29 is 0 Å². The third-order valence-electron chi connectivity index (χ3n) is 3.08. The summed E-state index contributed by atoms with van der Waals surface area (Å²) in [6.07, 6.45) is 3.63. The van der Waals surface area contributed by atoms with Crippen LogP contribution in [0.3, 0.4) is 0 Å². The van der Waals surface area contributed by atoms with Crippen molar-refractivity contribution in [3.05, 3.63) is 29.8 Å². The highest BCUT2D eigenvalue weighted by Crippen LogP contribution is 2.13. The van der Waals surface area contributed by atoms with Gasteiger partial charge >= 0.3 is 0 Å². The summed E-state index contributed by atoms with van der Waals surface area (Å²) in [7, 11) is 0. The lowest BCUT2D eigenvalue weighted by molar-refractivity contribution is 0.519. The molecule has 0 amide bonds. The Balaban J connectivity index is 2.49. The zero-order chi connectivity index (χ0) is 11.1. The van der Waals surface area contributed by atoms with Gasteiger partial charge in [-0.25, -0.2) is 0 Å². The van der Waals surface area contributed by atoms with Crippen LogP contribution in [0.4, 0.5) is 5.69 Å². The first-order valence-electron chi connectivity index (χ1n) is 6.12. The van der Waals surface area contributed by atoms with Gasteiger partial charge in [0, 0.05) is 12.2 Å². The van der Waals surface area contributed by atoms with Gasteiger partial charge in [-0.3, -0.25) is 0 Å². The van der Waals surface area contributed by atoms with E-state index in [1.165, 1.54) is 24.1 Å². The minimum Gasteiger partial charge on any atom is -0.385 e. The average molecular weight is 205 g/mol. The van der Waals surface area contributed by atoms with Crippen LogP contribution in [0.25, 0.3) is 0 Å². The van der Waals surface area contributed by atoms with E-state index < -0.39 is 0 Å². The molecule has 0 saturated heterocycles. The molecule has 15 heavy (non-hydrogen) atoms. The standard InChI is InChI=1S/C14H23N/c1-4-12(5-2)11-15-14-9-7-8-13(6-3)10-14/h7-10,12,15H,4-6,11H2,1-3H3. The predicted molar refractivity (Wildman–Crippen MR) is 68.4 cm³/mol. The summed E-state index contributed by atoms with van der Waals surface area (Å²) in [5.41, 5.74) is 2.67. The first-order valence-corrected chi connectivity index (χ1v) is 6.12. The van der Waals surface area contributed by atoms with Crippen LogP contribution in [-0.2, 0) is 6.42 Å². The second-order valence-electron chi connectivity index (χ2n) is 4.12. The predicted octanol–water partition coefficient (Wildman–Crippen LogP) is 4.10. The van der Waals surface area contributed by atoms with E-state index in [4.69, 9.17) is 0 Å². The normalized spacial score (nSPS) is 10.7. The lowest BCUT2D eigenvalue weighted by atomic mass is 10.0. The summed E-state index contributed by atoms with van der Waals surface area (Å²) in [6.45, 7) is 7.82. The van der Waals surface area contributed by atoms with Crippen molar-refractivity contribution in [3.63, 3.8) is 0 Å². The van der Waals surface area contributed by atoms with Crippen molar-refractivity contribution >= 4 is 5.69 Å². The van der Waals surface area contributed by atoms with Gasteiger partial charge < -0.3 is 5.32 Å². The second kappa shape index (κ2) is 6.49. The number of anilines is 1. The monoisotopic (exact) mass is 205 g/mol. The molecule has 0 radical (unpaired) electrons. The maximum Gasteiger partial charge on any atom is 0.0342 e. The highest BCUT2D eigenvalue weighted by Gasteiger charge is 2.02. The van der Waals surface area contributed by atoms with E-state index in [2.05, 4.69) is 50.4 Å². The van der Waals surface area contributed by atoms with Gasteiger partial charge in [-0.15, -0.1) is 0 Å². The topological polar surface area (TPSA) is 12.0 Å². The maximum atomic E-state index is 3.52. The fourth-order valence-electron chi connectivity index (χ4n) is 1.74. The molecule has 0 aromatic heterocycles. The highest BCUT2D eigenvalue weighted by molar-refractivity contribution is 5.45. The van der Waals surface area contributed by atoms with Gasteiger partial charge in [-0.1, -0.05) is 45.7 Å². The van der Waals surface area contributed by atoms with Crippen LogP contribution >= 0.6 is 0 Å². The van der Waals surface area contributed by atoms with Crippen molar-refractivity contribution in [1.29, 1.82) is 0 Å². The van der Waals surface area contributed by atoms with Gasteiger partial charge in [-0.2, -0.15) is 0 Å². The summed E-state index contributed by atoms with van der Waals surface area (Å²) < 4.78 is 0. The molecule has 0 unspecified atom stereocenters. The Hall–Kier alpha value is -0.980. The average Bonchev–Trinajstić information content (AvgIpc) is 2.31. The Morgan fingerprint density at radius 3 is 2.47 bits per heavy atom. The molecule has 0 aliphatic rings. The number of rotatable bonds is 6. The van der Waals surface area contributed by atoms with Crippen LogP contribution in [0.2, 0.25) is 0 Å². The molecule has 1 N–H and O–H groups in total. The van der Waals surface area contributed by atoms with Gasteiger partial charge in [-0.05, 0) is 30.0 Å². The lowest BCUT2D eigenvalue weighted by Crippen LogP contribution is -2.12. The third-order valence-corrected chi connectivity index (χ3v) is 3.08. The Morgan fingerprint density at radius 2 is 1.87 bits per heavy atom. The summed E-state index contributed by atoms with van der Waals surface area (Å²) in [6, 6.07) is 8.72. The molecule has 1 heteroatoms. The summed E-state index contributed by atoms with van der Waals surface area (Å²) in [5.74, 6) is 0.801. The minimum atomic E-state index is 0.801. The van der Waals surface area contributed by atoms with Gasteiger partial charge in [0.05, 0.1) is 0 Å². The molecule has 1 rings (SSSR count). The number of hydrogen-bond donors (Lipinski definition) is 1. The largest absolute Gasteiger partial charge is 0.385 e. The molecule has 1 aromatic rings. The number of benzene rings is 1. The zero-order valence-corrected chi connectivity index (χ0v) is 10.2. The second-order valence-corrected chi connectivity index (χ2v) is 4.12. The Bertz CT molecular complexity index is 276. The van der Waals surface area contributed by atoms with Crippen LogP contribution in [0, 0.1) is 5.92 Å². The van der Waals surface area contributed by atoms with Crippen LogP contribution < -0.4 is 5.32 Å². The van der Waals surface area contributed by atoms with E-state index in [-0.39, 0.29) is 0 Å². The first kappa shape index (κ1) is 12.1. The molecule has 1 aromatic carbocycles. The quantitative estimate of drug-likeness (QED) is 0.737. The van der Waals surface area contributed by atoms with E-state index >= 15 is 0 Å². The minimum absolute atomic E-state index is 0.801. The molecule has 0 aliphatic carbocycles. The molecule has 1 nitrogen and oxygen atoms in total. The number of nitrogens with one attached hydrogen (secondary N) is 1. The highest BCUT2D eigenvalue weighted by atomic mass is 14.9. The smallest absolute Gasteiger partial charge is 0.0342 e. The van der Waals surface area contributed by atoms with E-state index in [9.17, 15) is 0 Å². The van der Waals surface area contributed by atoms with Gasteiger partial charge in [0.2, 0.25) is 0 Å². The Kier molecular flexibility index (Phi) is 5.23. The fourth-order valence-corrected chi connectivity index (χ4v) is 1.74. The van der Waals surface area contributed by atoms with Crippen molar-refractivity contribution in [2.45, 2.75) is 40.0 Å². The summed E-state index contributed by atoms with van der Waals surface area (Å²) in [5, 5.41) is 3.52. The van der Waals surface area contributed by atoms with Gasteiger partial charge in [0.15, 0.2) is 0 Å². The molecule has 0 saturated carbocycles. The summed E-state index contributed by atoms with van der Waals surface area (Å²) in [4.78, 5) is 0. The SMILES string of the molecule is CCc1cccc(NCC(CC)CC)c1. The third kappa shape index (κ3) is 3.94. The number of aryl methyl sites for hydroxylation is 1. The first-order chi connectivity index (χ1) is 7.30. The van der Waals surface area contributed by atoms with E-state index in [1.54, 1.807) is 0 Å². The molecule has 84 valence electrons. The van der Waals surface area contributed by atoms with Crippen LogP contribution in [0.15, 0.2) is 24.3 Å². The molecular formula is C14H23N. The Morgan fingerprint density at radius 1 is 1.13 bits per heavy atom. The molecule has 0 aliphatic heterocycles. The van der Waals surface area contributed by atoms with Crippen LogP contribution in [-0.4, -0.2) is 6.54 Å². The van der Waals surface area contributed by atoms with Crippen LogP contribution in [0.5, 0.6) is 0 Å². The fraction of sp³-hybridized carbons (Fsp3) is 0.571. The van der Waals surface area contributed by atoms with E-state index in [1.807, 2.05) is 0 Å². The van der Waals surface area contributed by atoms with Crippen LogP contribution in [0.1, 0.15) is 39.2 Å². The Labute approximate surface area is 93.9 Å². The van der Waals surface area contributed by atoms with Crippen molar-refractivity contribution in [2.75, 3.05) is 11.9 Å². The maximum absolute atomic E-state index is 3.52. The molecule has 0 bridgehead atoms. The molecule has 0 atom stereocenters. The van der Waals surface area contributed by atoms with Gasteiger partial charge in [0.1, 0.15) is 0 Å². The number of hydrogen-bond acceptors (Lipinski definition) is 1. The van der Waals surface area contributed by atoms with E-state index in [0.29, 0.717) is 0 Å². The molecule has 0 spiro atoms. The molecule has 0 heterocycles.